The third-order valence-corrected chi connectivity index (χ3v) is 10.3. The zero-order valence-electron chi connectivity index (χ0n) is 27.2. The van der Waals surface area contributed by atoms with Gasteiger partial charge in [0.05, 0.1) is 37.1 Å². The number of carbonyl (C=O) groups excluding carboxylic acids is 4. The molecule has 0 bridgehead atoms. The Bertz CT molecular complexity index is 974. The highest BCUT2D eigenvalue weighted by atomic mass is 31.2. The van der Waals surface area contributed by atoms with E-state index in [4.69, 9.17) is 16.0 Å². The Hall–Kier alpha value is -2.09. The second-order valence-corrected chi connectivity index (χ2v) is 15.4. The predicted molar refractivity (Wildman–Crippen MR) is 169 cm³/mol. The van der Waals surface area contributed by atoms with Gasteiger partial charge in [-0.25, -0.2) is 0 Å². The summed E-state index contributed by atoms with van der Waals surface area (Å²) in [5, 5.41) is 31.7. The molecule has 0 aromatic heterocycles. The third kappa shape index (κ3) is 14.8. The molecular weight excluding hydrogens is 591 g/mol. The molecule has 7 atom stereocenters. The molecule has 1 aliphatic rings. The minimum Gasteiger partial charge on any atom is -0.391 e. The molecule has 1 rings (SSSR count). The minimum absolute atomic E-state index is 0.146. The van der Waals surface area contributed by atoms with E-state index in [1.165, 1.54) is 13.8 Å². The van der Waals surface area contributed by atoms with Gasteiger partial charge < -0.3 is 47.5 Å². The van der Waals surface area contributed by atoms with Crippen LogP contribution in [0.15, 0.2) is 0 Å². The Morgan fingerprint density at radius 2 is 1.18 bits per heavy atom. The van der Waals surface area contributed by atoms with E-state index in [0.29, 0.717) is 0 Å². The van der Waals surface area contributed by atoms with Gasteiger partial charge in [0.15, 0.2) is 0 Å². The first kappa shape index (κ1) is 39.9. The molecule has 1 unspecified atom stereocenters. The SMILES string of the molecule is CC(C)[C@H](NC(=O)[C@H](C)N)C(=O)NC[C@@H](O)COP(=O)(CC1CCCCC1)C[C@H](O)CNC(=O)[C@@H](NC(=O)[C@H](C)N)C(C)C. The maximum absolute atomic E-state index is 14.0. The lowest BCUT2D eigenvalue weighted by molar-refractivity contribution is -0.130. The van der Waals surface area contributed by atoms with Crippen LogP contribution in [-0.4, -0.2) is 102 Å². The maximum atomic E-state index is 14.0. The average Bonchev–Trinajstić information content (AvgIpc) is 2.94. The third-order valence-electron chi connectivity index (χ3n) is 7.60. The van der Waals surface area contributed by atoms with E-state index in [2.05, 4.69) is 21.3 Å². The fraction of sp³-hybridized carbons (Fsp3) is 0.862. The molecule has 10 N–H and O–H groups in total. The molecule has 0 spiro atoms. The molecule has 0 aromatic rings. The van der Waals surface area contributed by atoms with Crippen molar-refractivity contribution in [1.29, 1.82) is 0 Å². The van der Waals surface area contributed by atoms with Crippen molar-refractivity contribution in [1.82, 2.24) is 21.3 Å². The van der Waals surface area contributed by atoms with Crippen molar-refractivity contribution in [3.05, 3.63) is 0 Å². The van der Waals surface area contributed by atoms with Gasteiger partial charge in [-0.1, -0.05) is 47.0 Å². The number of nitrogens with two attached hydrogens (primary N) is 2. The van der Waals surface area contributed by atoms with Gasteiger partial charge in [-0.2, -0.15) is 0 Å². The highest BCUT2D eigenvalue weighted by Crippen LogP contribution is 2.51. The molecule has 15 heteroatoms. The van der Waals surface area contributed by atoms with E-state index in [-0.39, 0.29) is 49.8 Å². The second kappa shape index (κ2) is 19.4. The van der Waals surface area contributed by atoms with Gasteiger partial charge in [0.1, 0.15) is 12.1 Å². The predicted octanol–water partition coefficient (Wildman–Crippen LogP) is -0.208. The number of hydrogen-bond acceptors (Lipinski definition) is 10. The highest BCUT2D eigenvalue weighted by molar-refractivity contribution is 7.59. The number of aliphatic hydroxyl groups is 2. The van der Waals surface area contributed by atoms with Gasteiger partial charge >= 0.3 is 0 Å². The number of nitrogens with one attached hydrogen (secondary N) is 4. The molecule has 14 nitrogen and oxygen atoms in total. The first-order chi connectivity index (χ1) is 20.5. The Morgan fingerprint density at radius 1 is 0.750 bits per heavy atom. The molecule has 0 saturated heterocycles. The summed E-state index contributed by atoms with van der Waals surface area (Å²) in [4.78, 5) is 49.5. The van der Waals surface area contributed by atoms with Gasteiger partial charge in [-0.3, -0.25) is 23.7 Å². The van der Waals surface area contributed by atoms with Crippen molar-refractivity contribution in [3.8, 4) is 0 Å². The first-order valence-corrected chi connectivity index (χ1v) is 17.7. The largest absolute Gasteiger partial charge is 0.391 e. The van der Waals surface area contributed by atoms with Crippen LogP contribution in [0.25, 0.3) is 0 Å². The molecule has 1 fully saturated rings. The summed E-state index contributed by atoms with van der Waals surface area (Å²) in [5.74, 6) is -2.29. The van der Waals surface area contributed by atoms with E-state index in [1.807, 2.05) is 0 Å². The second-order valence-electron chi connectivity index (χ2n) is 12.8. The van der Waals surface area contributed by atoms with Crippen LogP contribution in [0.4, 0.5) is 0 Å². The quantitative estimate of drug-likeness (QED) is 0.0858. The summed E-state index contributed by atoms with van der Waals surface area (Å²) in [7, 11) is -3.48. The molecule has 4 amide bonds. The number of carbonyl (C=O) groups is 4. The minimum atomic E-state index is -3.48. The monoisotopic (exact) mass is 648 g/mol. The number of amides is 4. The van der Waals surface area contributed by atoms with Crippen molar-refractivity contribution < 1.29 is 38.5 Å². The summed E-state index contributed by atoms with van der Waals surface area (Å²) >= 11 is 0. The molecule has 0 heterocycles. The zero-order valence-corrected chi connectivity index (χ0v) is 28.1. The van der Waals surface area contributed by atoms with Gasteiger partial charge in [-0.05, 0) is 44.4 Å². The summed E-state index contributed by atoms with van der Waals surface area (Å²) in [6.07, 6.45) is 2.49. The van der Waals surface area contributed by atoms with Crippen molar-refractivity contribution in [2.75, 3.05) is 32.0 Å². The number of rotatable bonds is 19. The van der Waals surface area contributed by atoms with Crippen molar-refractivity contribution in [3.63, 3.8) is 0 Å². The van der Waals surface area contributed by atoms with E-state index in [0.717, 1.165) is 32.1 Å². The fourth-order valence-electron chi connectivity index (χ4n) is 4.91. The standard InChI is InChI=1S/C29H57N6O8P/c1-17(2)24(34-26(38)19(5)30)28(40)32-12-22(36)14-43-44(42,15-21-10-8-7-9-11-21)16-23(37)13-33-29(41)25(18(3)4)35-27(39)20(6)31/h17-25,36-37H,7-16,30-31H2,1-6H3,(H,32,40)(H,33,41)(H,34,38)(H,35,39)/t19-,20-,22+,23+,24-,25-,44?/m0/s1. The number of hydrogen-bond donors (Lipinski definition) is 8. The van der Waals surface area contributed by atoms with E-state index < -0.39 is 67.4 Å². The van der Waals surface area contributed by atoms with Crippen molar-refractivity contribution in [2.45, 2.75) is 110 Å². The van der Waals surface area contributed by atoms with E-state index >= 15 is 0 Å². The highest BCUT2D eigenvalue weighted by Gasteiger charge is 2.33. The Balaban J connectivity index is 2.81. The summed E-state index contributed by atoms with van der Waals surface area (Å²) in [6.45, 7) is 9.31. The van der Waals surface area contributed by atoms with E-state index in [9.17, 15) is 34.0 Å². The maximum Gasteiger partial charge on any atom is 0.242 e. The Morgan fingerprint density at radius 3 is 1.59 bits per heavy atom. The van der Waals surface area contributed by atoms with Crippen LogP contribution in [0, 0.1) is 17.8 Å². The Labute approximate surface area is 262 Å². The number of aliphatic hydroxyl groups excluding tert-OH is 2. The summed E-state index contributed by atoms with van der Waals surface area (Å²) in [6, 6.07) is -3.30. The molecule has 1 saturated carbocycles. The molecular formula is C29H57N6O8P. The summed E-state index contributed by atoms with van der Waals surface area (Å²) in [5.41, 5.74) is 11.2. The normalized spacial score (nSPS) is 19.6. The smallest absolute Gasteiger partial charge is 0.242 e. The fourth-order valence-corrected chi connectivity index (χ4v) is 7.63. The molecule has 0 aromatic carbocycles. The van der Waals surface area contributed by atoms with Gasteiger partial charge in [0, 0.05) is 19.3 Å². The van der Waals surface area contributed by atoms with Crippen LogP contribution in [0.5, 0.6) is 0 Å². The molecule has 0 aliphatic heterocycles. The molecule has 1 aliphatic carbocycles. The molecule has 44 heavy (non-hydrogen) atoms. The molecule has 0 radical (unpaired) electrons. The van der Waals surface area contributed by atoms with Gasteiger partial charge in [-0.15, -0.1) is 0 Å². The average molecular weight is 649 g/mol. The van der Waals surface area contributed by atoms with Gasteiger partial charge in [0.25, 0.3) is 0 Å². The van der Waals surface area contributed by atoms with E-state index in [1.54, 1.807) is 27.7 Å². The lowest BCUT2D eigenvalue weighted by atomic mass is 9.91. The topological polar surface area (TPSA) is 235 Å². The summed E-state index contributed by atoms with van der Waals surface area (Å²) < 4.78 is 19.8. The van der Waals surface area contributed by atoms with Crippen molar-refractivity contribution in [2.24, 2.45) is 29.2 Å². The van der Waals surface area contributed by atoms with Gasteiger partial charge in [0.2, 0.25) is 31.0 Å². The Kier molecular flexibility index (Phi) is 17.6. The molecule has 256 valence electrons. The van der Waals surface area contributed by atoms with Crippen LogP contribution in [0.2, 0.25) is 0 Å². The lowest BCUT2D eigenvalue weighted by Crippen LogP contribution is -2.54. The van der Waals surface area contributed by atoms with Crippen LogP contribution >= 0.6 is 7.37 Å². The first-order valence-electron chi connectivity index (χ1n) is 15.7. The van der Waals surface area contributed by atoms with Crippen LogP contribution < -0.4 is 32.7 Å². The van der Waals surface area contributed by atoms with Crippen LogP contribution in [-0.2, 0) is 28.3 Å². The lowest BCUT2D eigenvalue weighted by Gasteiger charge is -2.29. The van der Waals surface area contributed by atoms with Crippen LogP contribution in [0.3, 0.4) is 0 Å². The van der Waals surface area contributed by atoms with Crippen LogP contribution in [0.1, 0.15) is 73.6 Å². The van der Waals surface area contributed by atoms with Crippen molar-refractivity contribution >= 4 is 31.0 Å². The zero-order chi connectivity index (χ0) is 33.6.